The van der Waals surface area contributed by atoms with Crippen LogP contribution in [-0.4, -0.2) is 31.0 Å². The number of amides is 1. The van der Waals surface area contributed by atoms with Crippen molar-refractivity contribution in [3.8, 4) is 11.6 Å². The molecule has 8 nitrogen and oxygen atoms in total. The number of furan rings is 1. The second kappa shape index (κ2) is 7.12. The van der Waals surface area contributed by atoms with Gasteiger partial charge in [0.2, 0.25) is 16.9 Å². The van der Waals surface area contributed by atoms with E-state index in [0.717, 1.165) is 10.9 Å². The smallest absolute Gasteiger partial charge is 0.237 e. The van der Waals surface area contributed by atoms with Crippen LogP contribution in [0.2, 0.25) is 0 Å². The predicted octanol–water partition coefficient (Wildman–Crippen LogP) is 2.92. The zero-order valence-corrected chi connectivity index (χ0v) is 15.2. The minimum absolute atomic E-state index is 0.168. The molecule has 136 valence electrons. The van der Waals surface area contributed by atoms with E-state index in [1.54, 1.807) is 25.3 Å². The lowest BCUT2D eigenvalue weighted by Crippen LogP contribution is -2.23. The Hall–Kier alpha value is -3.33. The SMILES string of the molecule is CC(Sc1nnc(-c2ccco2)n1N)C(=O)Nc1cccc2ncccc12. The molecule has 1 unspecified atom stereocenters. The van der Waals surface area contributed by atoms with Crippen LogP contribution in [0.25, 0.3) is 22.5 Å². The van der Waals surface area contributed by atoms with Gasteiger partial charge in [0.25, 0.3) is 0 Å². The van der Waals surface area contributed by atoms with Gasteiger partial charge in [-0.15, -0.1) is 10.2 Å². The Morgan fingerprint density at radius 3 is 2.93 bits per heavy atom. The standard InChI is InChI=1S/C18H16N6O2S/c1-11(27-18-23-22-16(24(18)19)15-8-4-10-26-15)17(25)21-14-7-2-6-13-12(14)5-3-9-20-13/h2-11H,19H2,1H3,(H,21,25). The topological polar surface area (TPSA) is 112 Å². The van der Waals surface area contributed by atoms with Gasteiger partial charge in [-0.2, -0.15) is 0 Å². The van der Waals surface area contributed by atoms with E-state index in [4.69, 9.17) is 10.3 Å². The third-order valence-corrected chi connectivity index (χ3v) is 5.02. The highest BCUT2D eigenvalue weighted by Crippen LogP contribution is 2.27. The van der Waals surface area contributed by atoms with Crippen LogP contribution in [0.5, 0.6) is 0 Å². The molecule has 0 aliphatic heterocycles. The molecule has 0 bridgehead atoms. The summed E-state index contributed by atoms with van der Waals surface area (Å²) in [6, 6.07) is 12.8. The van der Waals surface area contributed by atoms with Crippen LogP contribution >= 0.6 is 11.8 Å². The van der Waals surface area contributed by atoms with Crippen LogP contribution < -0.4 is 11.2 Å². The van der Waals surface area contributed by atoms with Gasteiger partial charge >= 0.3 is 0 Å². The summed E-state index contributed by atoms with van der Waals surface area (Å²) in [5, 5.41) is 11.9. The Morgan fingerprint density at radius 1 is 1.22 bits per heavy atom. The van der Waals surface area contributed by atoms with E-state index in [1.807, 2.05) is 30.3 Å². The number of rotatable bonds is 5. The molecule has 0 radical (unpaired) electrons. The molecule has 27 heavy (non-hydrogen) atoms. The highest BCUT2D eigenvalue weighted by atomic mass is 32.2. The fraction of sp³-hybridized carbons (Fsp3) is 0.111. The molecule has 4 aromatic rings. The second-order valence-corrected chi connectivity index (χ2v) is 7.09. The number of hydrogen-bond acceptors (Lipinski definition) is 7. The summed E-state index contributed by atoms with van der Waals surface area (Å²) >= 11 is 1.22. The van der Waals surface area contributed by atoms with E-state index in [1.165, 1.54) is 22.7 Å². The lowest BCUT2D eigenvalue weighted by atomic mass is 10.2. The van der Waals surface area contributed by atoms with Crippen molar-refractivity contribution in [2.45, 2.75) is 17.3 Å². The van der Waals surface area contributed by atoms with Crippen LogP contribution in [-0.2, 0) is 4.79 Å². The zero-order valence-electron chi connectivity index (χ0n) is 14.4. The third-order valence-electron chi connectivity index (χ3n) is 3.96. The van der Waals surface area contributed by atoms with Crippen molar-refractivity contribution in [1.82, 2.24) is 19.9 Å². The Kier molecular flexibility index (Phi) is 4.51. The van der Waals surface area contributed by atoms with Crippen LogP contribution in [0.4, 0.5) is 5.69 Å². The molecular formula is C18H16N6O2S. The summed E-state index contributed by atoms with van der Waals surface area (Å²) in [6.07, 6.45) is 3.25. The van der Waals surface area contributed by atoms with Gasteiger partial charge in [-0.25, -0.2) is 4.68 Å². The fourth-order valence-corrected chi connectivity index (χ4v) is 3.36. The lowest BCUT2D eigenvalue weighted by Gasteiger charge is -2.13. The van der Waals surface area contributed by atoms with Crippen molar-refractivity contribution in [2.24, 2.45) is 0 Å². The molecule has 0 aliphatic rings. The first-order valence-corrected chi connectivity index (χ1v) is 9.07. The Bertz CT molecular complexity index is 1090. The molecule has 3 heterocycles. The molecule has 4 rings (SSSR count). The van der Waals surface area contributed by atoms with Crippen molar-refractivity contribution in [2.75, 3.05) is 11.2 Å². The van der Waals surface area contributed by atoms with Crippen LogP contribution in [0.15, 0.2) is 64.5 Å². The Balaban J connectivity index is 1.50. The monoisotopic (exact) mass is 380 g/mol. The maximum absolute atomic E-state index is 12.6. The highest BCUT2D eigenvalue weighted by Gasteiger charge is 2.21. The van der Waals surface area contributed by atoms with Crippen molar-refractivity contribution in [3.63, 3.8) is 0 Å². The number of carbonyl (C=O) groups is 1. The molecule has 0 spiro atoms. The number of benzene rings is 1. The number of nitrogens with two attached hydrogens (primary N) is 1. The third kappa shape index (κ3) is 3.36. The molecule has 1 atom stereocenters. The molecule has 0 saturated heterocycles. The fourth-order valence-electron chi connectivity index (χ4n) is 2.59. The van der Waals surface area contributed by atoms with Gasteiger partial charge in [0.15, 0.2) is 5.76 Å². The summed E-state index contributed by atoms with van der Waals surface area (Å²) in [5.74, 6) is 6.78. The maximum Gasteiger partial charge on any atom is 0.237 e. The van der Waals surface area contributed by atoms with Crippen molar-refractivity contribution in [1.29, 1.82) is 0 Å². The average molecular weight is 380 g/mol. The quantitative estimate of drug-likeness (QED) is 0.404. The zero-order chi connectivity index (χ0) is 18.8. The molecule has 3 aromatic heterocycles. The summed E-state index contributed by atoms with van der Waals surface area (Å²) in [5.41, 5.74) is 1.53. The summed E-state index contributed by atoms with van der Waals surface area (Å²) in [6.45, 7) is 1.78. The van der Waals surface area contributed by atoms with E-state index in [9.17, 15) is 4.79 Å². The molecule has 1 amide bonds. The predicted molar refractivity (Wildman–Crippen MR) is 104 cm³/mol. The van der Waals surface area contributed by atoms with E-state index < -0.39 is 5.25 Å². The number of hydrogen-bond donors (Lipinski definition) is 2. The number of fused-ring (bicyclic) bond motifs is 1. The van der Waals surface area contributed by atoms with E-state index in [0.29, 0.717) is 22.4 Å². The van der Waals surface area contributed by atoms with E-state index in [-0.39, 0.29) is 5.91 Å². The first-order valence-electron chi connectivity index (χ1n) is 8.19. The van der Waals surface area contributed by atoms with Crippen molar-refractivity contribution < 1.29 is 9.21 Å². The van der Waals surface area contributed by atoms with Crippen LogP contribution in [0.1, 0.15) is 6.92 Å². The average Bonchev–Trinajstić information content (AvgIpc) is 3.32. The number of nitrogens with one attached hydrogen (secondary N) is 1. The normalized spacial score (nSPS) is 12.2. The summed E-state index contributed by atoms with van der Waals surface area (Å²) in [7, 11) is 0. The summed E-state index contributed by atoms with van der Waals surface area (Å²) in [4.78, 5) is 16.9. The molecule has 3 N–H and O–H groups in total. The summed E-state index contributed by atoms with van der Waals surface area (Å²) < 4.78 is 6.60. The molecule has 1 aromatic carbocycles. The van der Waals surface area contributed by atoms with Crippen molar-refractivity contribution >= 4 is 34.3 Å². The van der Waals surface area contributed by atoms with Gasteiger partial charge in [-0.1, -0.05) is 17.8 Å². The first-order chi connectivity index (χ1) is 13.1. The van der Waals surface area contributed by atoms with E-state index in [2.05, 4.69) is 20.5 Å². The van der Waals surface area contributed by atoms with Gasteiger partial charge in [0, 0.05) is 11.6 Å². The number of aromatic nitrogens is 4. The number of thioether (sulfide) groups is 1. The molecular weight excluding hydrogens is 364 g/mol. The van der Waals surface area contributed by atoms with E-state index >= 15 is 0 Å². The Morgan fingerprint density at radius 2 is 2.11 bits per heavy atom. The van der Waals surface area contributed by atoms with Gasteiger partial charge in [-0.3, -0.25) is 9.78 Å². The largest absolute Gasteiger partial charge is 0.461 e. The number of carbonyl (C=O) groups excluding carboxylic acids is 1. The van der Waals surface area contributed by atoms with Gasteiger partial charge < -0.3 is 15.6 Å². The molecule has 0 fully saturated rings. The number of anilines is 1. The molecule has 9 heteroatoms. The Labute approximate surface area is 158 Å². The van der Waals surface area contributed by atoms with Gasteiger partial charge in [0.1, 0.15) is 0 Å². The second-order valence-electron chi connectivity index (χ2n) is 5.78. The lowest BCUT2D eigenvalue weighted by molar-refractivity contribution is -0.115. The minimum atomic E-state index is -0.437. The van der Waals surface area contributed by atoms with Gasteiger partial charge in [-0.05, 0) is 43.3 Å². The molecule has 0 aliphatic carbocycles. The highest BCUT2D eigenvalue weighted by molar-refractivity contribution is 8.00. The van der Waals surface area contributed by atoms with Crippen molar-refractivity contribution in [3.05, 3.63) is 54.9 Å². The maximum atomic E-state index is 12.6. The number of nitrogens with zero attached hydrogens (tertiary/aromatic N) is 4. The minimum Gasteiger partial charge on any atom is -0.461 e. The van der Waals surface area contributed by atoms with Crippen LogP contribution in [0.3, 0.4) is 0 Å². The number of pyridine rings is 1. The first kappa shape index (κ1) is 17.1. The van der Waals surface area contributed by atoms with Gasteiger partial charge in [0.05, 0.1) is 22.7 Å². The van der Waals surface area contributed by atoms with Crippen LogP contribution in [0, 0.1) is 0 Å². The molecule has 0 saturated carbocycles. The number of nitrogen functional groups attached to an aromatic ring is 1.